The summed E-state index contributed by atoms with van der Waals surface area (Å²) < 4.78 is 0. The van der Waals surface area contributed by atoms with E-state index in [0.29, 0.717) is 6.54 Å². The smallest absolute Gasteiger partial charge is 0.226 e. The van der Waals surface area contributed by atoms with Gasteiger partial charge in [-0.25, -0.2) is 0 Å². The van der Waals surface area contributed by atoms with E-state index < -0.39 is 0 Å². The van der Waals surface area contributed by atoms with E-state index in [-0.39, 0.29) is 11.7 Å². The van der Waals surface area contributed by atoms with E-state index in [4.69, 9.17) is 17.1 Å². The Bertz CT molecular complexity index is 345. The van der Waals surface area contributed by atoms with Crippen LogP contribution in [0, 0.1) is 0 Å². The van der Waals surface area contributed by atoms with E-state index in [9.17, 15) is 4.79 Å². The molecule has 72 valence electrons. The van der Waals surface area contributed by atoms with Crippen molar-refractivity contribution in [1.29, 1.82) is 0 Å². The van der Waals surface area contributed by atoms with Gasteiger partial charge in [-0.2, -0.15) is 0 Å². The zero-order valence-corrected chi connectivity index (χ0v) is 8.11. The van der Waals surface area contributed by atoms with E-state index >= 15 is 0 Å². The zero-order chi connectivity index (χ0) is 10.4. The Morgan fingerprint density at radius 2 is 1.93 bits per heavy atom. The van der Waals surface area contributed by atoms with Crippen molar-refractivity contribution < 1.29 is 4.79 Å². The zero-order valence-electron chi connectivity index (χ0n) is 7.35. The highest BCUT2D eigenvalue weighted by molar-refractivity contribution is 6.63. The molecule has 0 amide bonds. The number of azide groups is 1. The van der Waals surface area contributed by atoms with Gasteiger partial charge in [0.15, 0.2) is 0 Å². The molecule has 0 N–H and O–H groups in total. The molecule has 0 aliphatic rings. The second-order valence-electron chi connectivity index (χ2n) is 2.74. The number of hydrogen-bond acceptors (Lipinski definition) is 2. The lowest BCUT2D eigenvalue weighted by Gasteiger charge is -1.98. The molecule has 0 fully saturated rings. The first kappa shape index (κ1) is 10.6. The third-order valence-electron chi connectivity index (χ3n) is 1.68. The molecule has 0 radical (unpaired) electrons. The first-order chi connectivity index (χ1) is 6.72. The lowest BCUT2D eigenvalue weighted by molar-refractivity contribution is -0.111. The standard InChI is InChI=1S/C9H8ClN3O/c10-9(14)5-7-1-3-8(4-2-7)6-12-13-11/h1-4H,5-6H2. The first-order valence-corrected chi connectivity index (χ1v) is 4.37. The van der Waals surface area contributed by atoms with Crippen molar-refractivity contribution in [2.75, 3.05) is 0 Å². The van der Waals surface area contributed by atoms with Crippen LogP contribution in [0.15, 0.2) is 29.4 Å². The maximum absolute atomic E-state index is 10.6. The van der Waals surface area contributed by atoms with Gasteiger partial charge in [-0.05, 0) is 28.3 Å². The minimum Gasteiger partial charge on any atom is -0.281 e. The number of rotatable bonds is 4. The van der Waals surface area contributed by atoms with Crippen molar-refractivity contribution >= 4 is 16.8 Å². The molecule has 0 spiro atoms. The summed E-state index contributed by atoms with van der Waals surface area (Å²) >= 11 is 5.23. The number of hydrogen-bond donors (Lipinski definition) is 0. The minimum absolute atomic E-state index is 0.226. The Morgan fingerprint density at radius 3 is 2.43 bits per heavy atom. The van der Waals surface area contributed by atoms with Crippen molar-refractivity contribution in [3.8, 4) is 0 Å². The van der Waals surface area contributed by atoms with Crippen LogP contribution < -0.4 is 0 Å². The lowest BCUT2D eigenvalue weighted by atomic mass is 10.1. The van der Waals surface area contributed by atoms with Gasteiger partial charge in [0.25, 0.3) is 0 Å². The summed E-state index contributed by atoms with van der Waals surface area (Å²) in [6.45, 7) is 0.325. The van der Waals surface area contributed by atoms with Crippen LogP contribution >= 0.6 is 11.6 Å². The number of carbonyl (C=O) groups excluding carboxylic acids is 1. The molecule has 0 aromatic heterocycles. The molecule has 0 heterocycles. The monoisotopic (exact) mass is 209 g/mol. The number of carbonyl (C=O) groups is 1. The summed E-state index contributed by atoms with van der Waals surface area (Å²) in [5.41, 5.74) is 9.86. The molecule has 14 heavy (non-hydrogen) atoms. The van der Waals surface area contributed by atoms with Crippen molar-refractivity contribution in [3.63, 3.8) is 0 Å². The average Bonchev–Trinajstić information content (AvgIpc) is 2.16. The predicted octanol–water partition coefficient (Wildman–Crippen LogP) is 2.80. The predicted molar refractivity (Wildman–Crippen MR) is 53.9 cm³/mol. The fourth-order valence-electron chi connectivity index (χ4n) is 1.04. The van der Waals surface area contributed by atoms with Crippen molar-refractivity contribution in [2.45, 2.75) is 13.0 Å². The van der Waals surface area contributed by atoms with Gasteiger partial charge in [0, 0.05) is 11.3 Å². The maximum Gasteiger partial charge on any atom is 0.226 e. The largest absolute Gasteiger partial charge is 0.281 e. The van der Waals surface area contributed by atoms with Gasteiger partial charge in [-0.1, -0.05) is 29.4 Å². The Balaban J connectivity index is 2.68. The highest BCUT2D eigenvalue weighted by Crippen LogP contribution is 2.07. The summed E-state index contributed by atoms with van der Waals surface area (Å²) in [4.78, 5) is 13.2. The van der Waals surface area contributed by atoms with Gasteiger partial charge >= 0.3 is 0 Å². The Labute approximate surface area is 86.1 Å². The Kier molecular flexibility index (Phi) is 3.98. The van der Waals surface area contributed by atoms with Crippen LogP contribution in [0.3, 0.4) is 0 Å². The molecule has 0 bridgehead atoms. The van der Waals surface area contributed by atoms with E-state index in [1.165, 1.54) is 0 Å². The van der Waals surface area contributed by atoms with Crippen LogP contribution in [-0.2, 0) is 17.8 Å². The van der Waals surface area contributed by atoms with Crippen LogP contribution in [0.25, 0.3) is 10.4 Å². The fourth-order valence-corrected chi connectivity index (χ4v) is 1.19. The lowest BCUT2D eigenvalue weighted by Crippen LogP contribution is -1.93. The second-order valence-corrected chi connectivity index (χ2v) is 3.16. The van der Waals surface area contributed by atoms with E-state index in [2.05, 4.69) is 10.0 Å². The molecular weight excluding hydrogens is 202 g/mol. The van der Waals surface area contributed by atoms with Gasteiger partial charge in [0.2, 0.25) is 5.24 Å². The molecule has 5 heteroatoms. The summed E-state index contributed by atoms with van der Waals surface area (Å²) in [6, 6.07) is 7.21. The molecule has 4 nitrogen and oxygen atoms in total. The van der Waals surface area contributed by atoms with Gasteiger partial charge < -0.3 is 0 Å². The van der Waals surface area contributed by atoms with Crippen molar-refractivity contribution in [3.05, 3.63) is 45.8 Å². The molecular formula is C9H8ClN3O. The van der Waals surface area contributed by atoms with E-state index in [1.807, 2.05) is 12.1 Å². The summed E-state index contributed by atoms with van der Waals surface area (Å²) in [6.07, 6.45) is 0.226. The molecule has 0 atom stereocenters. The van der Waals surface area contributed by atoms with Crippen LogP contribution in [-0.4, -0.2) is 5.24 Å². The quantitative estimate of drug-likeness (QED) is 0.325. The van der Waals surface area contributed by atoms with E-state index in [0.717, 1.165) is 11.1 Å². The van der Waals surface area contributed by atoms with Gasteiger partial charge in [0.1, 0.15) is 0 Å². The topological polar surface area (TPSA) is 65.8 Å². The summed E-state index contributed by atoms with van der Waals surface area (Å²) in [7, 11) is 0. The minimum atomic E-state index is -0.382. The number of nitrogens with zero attached hydrogens (tertiary/aromatic N) is 3. The SMILES string of the molecule is [N-]=[N+]=NCc1ccc(CC(=O)Cl)cc1. The molecule has 1 rings (SSSR count). The Morgan fingerprint density at radius 1 is 1.36 bits per heavy atom. The number of halogens is 1. The maximum atomic E-state index is 10.6. The van der Waals surface area contributed by atoms with Crippen LogP contribution in [0.4, 0.5) is 0 Å². The third-order valence-corrected chi connectivity index (χ3v) is 1.82. The molecule has 0 saturated carbocycles. The van der Waals surface area contributed by atoms with Crippen molar-refractivity contribution in [1.82, 2.24) is 0 Å². The van der Waals surface area contributed by atoms with Crippen LogP contribution in [0.1, 0.15) is 11.1 Å². The first-order valence-electron chi connectivity index (χ1n) is 3.99. The van der Waals surface area contributed by atoms with Crippen LogP contribution in [0.2, 0.25) is 0 Å². The molecule has 1 aromatic carbocycles. The molecule has 0 aliphatic heterocycles. The Hall–Kier alpha value is -1.51. The number of benzene rings is 1. The van der Waals surface area contributed by atoms with E-state index in [1.54, 1.807) is 12.1 Å². The molecule has 0 saturated heterocycles. The van der Waals surface area contributed by atoms with Crippen LogP contribution in [0.5, 0.6) is 0 Å². The highest BCUT2D eigenvalue weighted by Gasteiger charge is 1.98. The van der Waals surface area contributed by atoms with Gasteiger partial charge in [0.05, 0.1) is 6.54 Å². The van der Waals surface area contributed by atoms with Crippen molar-refractivity contribution in [2.24, 2.45) is 5.11 Å². The van der Waals surface area contributed by atoms with Gasteiger partial charge in [-0.3, -0.25) is 4.79 Å². The molecule has 0 aliphatic carbocycles. The second kappa shape index (κ2) is 5.27. The molecule has 0 unspecified atom stereocenters. The third kappa shape index (κ3) is 3.47. The van der Waals surface area contributed by atoms with Gasteiger partial charge in [-0.15, -0.1) is 0 Å². The normalized spacial score (nSPS) is 9.21. The fraction of sp³-hybridized carbons (Fsp3) is 0.222. The highest BCUT2D eigenvalue weighted by atomic mass is 35.5. The summed E-state index contributed by atoms with van der Waals surface area (Å²) in [5.74, 6) is 0. The molecule has 1 aromatic rings. The average molecular weight is 210 g/mol. The summed E-state index contributed by atoms with van der Waals surface area (Å²) in [5, 5.41) is 3.04.